The number of rotatable bonds is 8. The van der Waals surface area contributed by atoms with Crippen molar-refractivity contribution in [3.05, 3.63) is 24.3 Å². The van der Waals surface area contributed by atoms with Crippen LogP contribution in [0, 0.1) is 5.92 Å². The van der Waals surface area contributed by atoms with Crippen LogP contribution < -0.4 is 14.8 Å². The summed E-state index contributed by atoms with van der Waals surface area (Å²) in [5.41, 5.74) is 0. The minimum Gasteiger partial charge on any atom is -0.497 e. The number of hydrogen-bond donors (Lipinski definition) is 2. The van der Waals surface area contributed by atoms with Crippen molar-refractivity contribution in [2.75, 3.05) is 13.7 Å². The molecule has 1 aliphatic rings. The zero-order valence-corrected chi connectivity index (χ0v) is 17.3. The van der Waals surface area contributed by atoms with Crippen molar-refractivity contribution in [2.24, 2.45) is 5.92 Å². The van der Waals surface area contributed by atoms with Crippen LogP contribution in [-0.4, -0.2) is 46.1 Å². The lowest BCUT2D eigenvalue weighted by Crippen LogP contribution is -2.44. The standard InChI is InChI=1S/C19H28N2O6S/c1-13-6-4-5-7-17(13)20-18(22)12-27-19(23)14(2)21-28(24,25)16-10-8-15(26-3)9-11-16/h8-11,13-14,17,21H,4-7,12H2,1-3H3,(H,20,22)/t13-,14-,17-/m0/s1. The molecule has 1 aromatic rings. The highest BCUT2D eigenvalue weighted by molar-refractivity contribution is 7.89. The predicted molar refractivity (Wildman–Crippen MR) is 103 cm³/mol. The molecule has 0 unspecified atom stereocenters. The first-order valence-corrected chi connectivity index (χ1v) is 10.8. The van der Waals surface area contributed by atoms with Gasteiger partial charge in [0.15, 0.2) is 6.61 Å². The Bertz CT molecular complexity index is 778. The molecule has 2 rings (SSSR count). The Balaban J connectivity index is 1.83. The Labute approximate surface area is 166 Å². The highest BCUT2D eigenvalue weighted by Gasteiger charge is 2.25. The molecule has 1 aliphatic carbocycles. The molecule has 8 nitrogen and oxygen atoms in total. The molecule has 0 aliphatic heterocycles. The van der Waals surface area contributed by atoms with E-state index in [4.69, 9.17) is 9.47 Å². The first-order chi connectivity index (χ1) is 13.2. The maximum Gasteiger partial charge on any atom is 0.324 e. The number of carbonyl (C=O) groups excluding carboxylic acids is 2. The largest absolute Gasteiger partial charge is 0.497 e. The van der Waals surface area contributed by atoms with E-state index in [1.807, 2.05) is 0 Å². The fourth-order valence-corrected chi connectivity index (χ4v) is 4.34. The van der Waals surface area contributed by atoms with Crippen molar-refractivity contribution in [2.45, 2.75) is 56.5 Å². The van der Waals surface area contributed by atoms with Crippen LogP contribution in [0.1, 0.15) is 39.5 Å². The van der Waals surface area contributed by atoms with Crippen molar-refractivity contribution in [3.63, 3.8) is 0 Å². The third kappa shape index (κ3) is 6.20. The Morgan fingerprint density at radius 3 is 2.43 bits per heavy atom. The van der Waals surface area contributed by atoms with Gasteiger partial charge in [0.25, 0.3) is 5.91 Å². The number of sulfonamides is 1. The van der Waals surface area contributed by atoms with Crippen molar-refractivity contribution in [3.8, 4) is 5.75 Å². The van der Waals surface area contributed by atoms with Gasteiger partial charge in [0.05, 0.1) is 12.0 Å². The van der Waals surface area contributed by atoms with Gasteiger partial charge >= 0.3 is 5.97 Å². The quantitative estimate of drug-likeness (QED) is 0.628. The van der Waals surface area contributed by atoms with Crippen LogP contribution in [0.25, 0.3) is 0 Å². The van der Waals surface area contributed by atoms with Crippen molar-refractivity contribution in [1.82, 2.24) is 10.0 Å². The molecule has 156 valence electrons. The molecule has 0 aromatic heterocycles. The van der Waals surface area contributed by atoms with Crippen LogP contribution in [0.5, 0.6) is 5.75 Å². The normalized spacial score (nSPS) is 20.8. The van der Waals surface area contributed by atoms with Gasteiger partial charge in [0.2, 0.25) is 10.0 Å². The summed E-state index contributed by atoms with van der Waals surface area (Å²) < 4.78 is 36.9. The van der Waals surface area contributed by atoms with Crippen LogP contribution in [0.2, 0.25) is 0 Å². The Morgan fingerprint density at radius 1 is 1.18 bits per heavy atom. The molecule has 1 fully saturated rings. The molecule has 1 aromatic carbocycles. The molecule has 1 saturated carbocycles. The summed E-state index contributed by atoms with van der Waals surface area (Å²) in [6.45, 7) is 3.02. The molecule has 1 amide bonds. The van der Waals surface area contributed by atoms with E-state index in [2.05, 4.69) is 17.0 Å². The second-order valence-corrected chi connectivity index (χ2v) is 8.78. The maximum atomic E-state index is 12.3. The van der Waals surface area contributed by atoms with E-state index >= 15 is 0 Å². The lowest BCUT2D eigenvalue weighted by molar-refractivity contribution is -0.150. The van der Waals surface area contributed by atoms with Gasteiger partial charge in [-0.15, -0.1) is 0 Å². The second kappa shape index (κ2) is 9.88. The van der Waals surface area contributed by atoms with Gasteiger partial charge in [0, 0.05) is 6.04 Å². The SMILES string of the molecule is COc1ccc(S(=O)(=O)N[C@@H](C)C(=O)OCC(=O)N[C@H]2CCCC[C@@H]2C)cc1. The van der Waals surface area contributed by atoms with Crippen LogP contribution in [-0.2, 0) is 24.3 Å². The summed E-state index contributed by atoms with van der Waals surface area (Å²) >= 11 is 0. The number of amides is 1. The van der Waals surface area contributed by atoms with E-state index in [1.165, 1.54) is 38.3 Å². The molecule has 0 heterocycles. The molecule has 2 N–H and O–H groups in total. The molecule has 28 heavy (non-hydrogen) atoms. The topological polar surface area (TPSA) is 111 Å². The van der Waals surface area contributed by atoms with Gasteiger partial charge < -0.3 is 14.8 Å². The number of esters is 1. The molecular formula is C19H28N2O6S. The summed E-state index contributed by atoms with van der Waals surface area (Å²) in [5, 5.41) is 2.88. The summed E-state index contributed by atoms with van der Waals surface area (Å²) in [4.78, 5) is 24.1. The zero-order chi connectivity index (χ0) is 20.7. The number of benzene rings is 1. The lowest BCUT2D eigenvalue weighted by atomic mass is 9.86. The molecule has 9 heteroatoms. The fourth-order valence-electron chi connectivity index (χ4n) is 3.14. The Morgan fingerprint density at radius 2 is 1.82 bits per heavy atom. The third-order valence-corrected chi connectivity index (χ3v) is 6.42. The fraction of sp³-hybridized carbons (Fsp3) is 0.579. The van der Waals surface area contributed by atoms with Gasteiger partial charge in [-0.05, 0) is 49.9 Å². The van der Waals surface area contributed by atoms with Crippen molar-refractivity contribution in [1.29, 1.82) is 0 Å². The van der Waals surface area contributed by atoms with E-state index < -0.39 is 28.6 Å². The number of methoxy groups -OCH3 is 1. The minimum absolute atomic E-state index is 0.00280. The van der Waals surface area contributed by atoms with E-state index in [0.29, 0.717) is 11.7 Å². The summed E-state index contributed by atoms with van der Waals surface area (Å²) in [6.07, 6.45) is 4.21. The molecule has 0 bridgehead atoms. The van der Waals surface area contributed by atoms with Crippen molar-refractivity contribution >= 4 is 21.9 Å². The third-order valence-electron chi connectivity index (χ3n) is 4.86. The van der Waals surface area contributed by atoms with Gasteiger partial charge in [0.1, 0.15) is 11.8 Å². The summed E-state index contributed by atoms with van der Waals surface area (Å²) in [5.74, 6) is -0.283. The summed E-state index contributed by atoms with van der Waals surface area (Å²) in [7, 11) is -2.43. The van der Waals surface area contributed by atoms with Gasteiger partial charge in [-0.1, -0.05) is 19.8 Å². The second-order valence-electron chi connectivity index (χ2n) is 7.06. The van der Waals surface area contributed by atoms with Gasteiger partial charge in [-0.2, -0.15) is 4.72 Å². The Kier molecular flexibility index (Phi) is 7.82. The average Bonchev–Trinajstić information content (AvgIpc) is 2.67. The molecule has 0 spiro atoms. The van der Waals surface area contributed by atoms with Gasteiger partial charge in [-0.25, -0.2) is 8.42 Å². The maximum absolute atomic E-state index is 12.3. The smallest absolute Gasteiger partial charge is 0.324 e. The number of carbonyl (C=O) groups is 2. The highest BCUT2D eigenvalue weighted by atomic mass is 32.2. The summed E-state index contributed by atoms with van der Waals surface area (Å²) in [6, 6.07) is 4.72. The monoisotopic (exact) mass is 412 g/mol. The van der Waals surface area contributed by atoms with Gasteiger partial charge in [-0.3, -0.25) is 9.59 Å². The Hall–Kier alpha value is -2.13. The lowest BCUT2D eigenvalue weighted by Gasteiger charge is -2.29. The van der Waals surface area contributed by atoms with Crippen LogP contribution in [0.15, 0.2) is 29.2 Å². The molecule has 3 atom stereocenters. The van der Waals surface area contributed by atoms with E-state index in [0.717, 1.165) is 25.7 Å². The zero-order valence-electron chi connectivity index (χ0n) is 16.4. The van der Waals surface area contributed by atoms with Crippen LogP contribution in [0.4, 0.5) is 0 Å². The predicted octanol–water partition coefficient (Wildman–Crippen LogP) is 1.60. The number of ether oxygens (including phenoxy) is 2. The van der Waals surface area contributed by atoms with E-state index in [9.17, 15) is 18.0 Å². The molecule has 0 saturated heterocycles. The minimum atomic E-state index is -3.90. The van der Waals surface area contributed by atoms with E-state index in [-0.39, 0.29) is 16.8 Å². The molecular weight excluding hydrogens is 384 g/mol. The average molecular weight is 413 g/mol. The first-order valence-electron chi connectivity index (χ1n) is 9.35. The number of hydrogen-bond acceptors (Lipinski definition) is 6. The van der Waals surface area contributed by atoms with Crippen molar-refractivity contribution < 1.29 is 27.5 Å². The first kappa shape index (κ1) is 22.2. The number of nitrogens with one attached hydrogen (secondary N) is 2. The van der Waals surface area contributed by atoms with E-state index in [1.54, 1.807) is 0 Å². The molecule has 0 radical (unpaired) electrons. The van der Waals surface area contributed by atoms with Crippen LogP contribution in [0.3, 0.4) is 0 Å². The highest BCUT2D eigenvalue weighted by Crippen LogP contribution is 2.23. The van der Waals surface area contributed by atoms with Crippen LogP contribution >= 0.6 is 0 Å².